The summed E-state index contributed by atoms with van der Waals surface area (Å²) in [6.07, 6.45) is 5.42. The molecule has 5 heteroatoms. The number of likely N-dealkylation sites (tertiary alicyclic amines) is 1. The SMILES string of the molecule is C[C@](C(=O)OC1CC[N+](C)(C)CC1)(c1ccc(Cl)s1)C1CCC1. The van der Waals surface area contributed by atoms with Crippen molar-refractivity contribution < 1.29 is 14.0 Å². The quantitative estimate of drug-likeness (QED) is 0.595. The van der Waals surface area contributed by atoms with E-state index < -0.39 is 5.41 Å². The summed E-state index contributed by atoms with van der Waals surface area (Å²) in [5.74, 6) is 0.346. The molecule has 3 nitrogen and oxygen atoms in total. The zero-order valence-electron chi connectivity index (χ0n) is 14.3. The van der Waals surface area contributed by atoms with Crippen LogP contribution in [-0.4, -0.2) is 43.7 Å². The van der Waals surface area contributed by atoms with E-state index in [0.29, 0.717) is 5.92 Å². The summed E-state index contributed by atoms with van der Waals surface area (Å²) >= 11 is 7.65. The van der Waals surface area contributed by atoms with Gasteiger partial charge in [0.1, 0.15) is 11.5 Å². The molecular formula is C18H27ClNO2S+. The Morgan fingerprint density at radius 3 is 2.39 bits per heavy atom. The summed E-state index contributed by atoms with van der Waals surface area (Å²) in [5.41, 5.74) is -0.530. The van der Waals surface area contributed by atoms with Crippen molar-refractivity contribution in [1.82, 2.24) is 0 Å². The lowest BCUT2D eigenvalue weighted by atomic mass is 9.65. The molecule has 1 saturated carbocycles. The molecule has 0 amide bonds. The molecule has 1 aliphatic carbocycles. The number of piperidine rings is 1. The maximum atomic E-state index is 13.1. The maximum absolute atomic E-state index is 13.1. The maximum Gasteiger partial charge on any atom is 0.317 e. The Hall–Kier alpha value is -0.580. The summed E-state index contributed by atoms with van der Waals surface area (Å²) in [6.45, 7) is 4.20. The average molecular weight is 357 g/mol. The van der Waals surface area contributed by atoms with Gasteiger partial charge in [0.25, 0.3) is 0 Å². The molecule has 2 fully saturated rings. The van der Waals surface area contributed by atoms with Crippen LogP contribution in [0.1, 0.15) is 43.9 Å². The summed E-state index contributed by atoms with van der Waals surface area (Å²) < 4.78 is 7.75. The highest BCUT2D eigenvalue weighted by Gasteiger charge is 2.48. The van der Waals surface area contributed by atoms with Gasteiger partial charge in [0.15, 0.2) is 0 Å². The number of hydrogen-bond donors (Lipinski definition) is 0. The van der Waals surface area contributed by atoms with Crippen LogP contribution in [0.15, 0.2) is 12.1 Å². The van der Waals surface area contributed by atoms with E-state index in [2.05, 4.69) is 21.0 Å². The first-order valence-corrected chi connectivity index (χ1v) is 9.79. The lowest BCUT2D eigenvalue weighted by Gasteiger charge is -2.42. The number of carbonyl (C=O) groups is 1. The third-order valence-corrected chi connectivity index (χ3v) is 7.29. The number of thiophene rings is 1. The van der Waals surface area contributed by atoms with Crippen LogP contribution in [0, 0.1) is 5.92 Å². The first-order chi connectivity index (χ1) is 10.8. The van der Waals surface area contributed by atoms with Crippen LogP contribution in [0.25, 0.3) is 0 Å². The largest absolute Gasteiger partial charge is 0.461 e. The molecule has 0 aromatic carbocycles. The van der Waals surface area contributed by atoms with Crippen LogP contribution in [0.3, 0.4) is 0 Å². The summed E-state index contributed by atoms with van der Waals surface area (Å²) in [6, 6.07) is 3.90. The highest BCUT2D eigenvalue weighted by Crippen LogP contribution is 2.47. The smallest absolute Gasteiger partial charge is 0.317 e. The van der Waals surface area contributed by atoms with E-state index in [1.54, 1.807) is 0 Å². The molecule has 1 aliphatic heterocycles. The minimum Gasteiger partial charge on any atom is -0.461 e. The Labute approximate surface area is 148 Å². The van der Waals surface area contributed by atoms with E-state index in [1.165, 1.54) is 17.8 Å². The van der Waals surface area contributed by atoms with Crippen molar-refractivity contribution in [3.8, 4) is 0 Å². The van der Waals surface area contributed by atoms with Crippen LogP contribution in [0.4, 0.5) is 0 Å². The number of esters is 1. The van der Waals surface area contributed by atoms with Gasteiger partial charge in [0.2, 0.25) is 0 Å². The first-order valence-electron chi connectivity index (χ1n) is 8.60. The van der Waals surface area contributed by atoms with E-state index in [0.717, 1.165) is 52.5 Å². The molecule has 2 heterocycles. The third-order valence-electron chi connectivity index (χ3n) is 5.82. The van der Waals surface area contributed by atoms with Gasteiger partial charge in [0, 0.05) is 17.7 Å². The molecule has 23 heavy (non-hydrogen) atoms. The second kappa shape index (κ2) is 6.38. The molecule has 1 aromatic rings. The zero-order chi connectivity index (χ0) is 16.7. The minimum absolute atomic E-state index is 0.0436. The topological polar surface area (TPSA) is 26.3 Å². The second-order valence-corrected chi connectivity index (χ2v) is 9.64. The number of halogens is 1. The van der Waals surface area contributed by atoms with E-state index >= 15 is 0 Å². The van der Waals surface area contributed by atoms with Gasteiger partial charge in [-0.25, -0.2) is 0 Å². The fourth-order valence-electron chi connectivity index (χ4n) is 3.68. The Bertz CT molecular complexity index is 571. The van der Waals surface area contributed by atoms with Gasteiger partial charge in [0.05, 0.1) is 31.5 Å². The van der Waals surface area contributed by atoms with Crippen molar-refractivity contribution >= 4 is 28.9 Å². The fraction of sp³-hybridized carbons (Fsp3) is 0.722. The number of hydrogen-bond acceptors (Lipinski definition) is 3. The Morgan fingerprint density at radius 1 is 1.26 bits per heavy atom. The first kappa shape index (κ1) is 17.2. The number of quaternary nitrogens is 1. The molecule has 0 unspecified atom stereocenters. The van der Waals surface area contributed by atoms with Crippen LogP contribution >= 0.6 is 22.9 Å². The van der Waals surface area contributed by atoms with E-state index in [-0.39, 0.29) is 12.1 Å². The van der Waals surface area contributed by atoms with Gasteiger partial charge >= 0.3 is 5.97 Å². The average Bonchev–Trinajstić information content (AvgIpc) is 2.86. The van der Waals surface area contributed by atoms with Crippen LogP contribution in [0.5, 0.6) is 0 Å². The predicted octanol–water partition coefficient (Wildman–Crippen LogP) is 4.24. The van der Waals surface area contributed by atoms with Gasteiger partial charge in [-0.3, -0.25) is 4.79 Å². The Balaban J connectivity index is 1.74. The molecular weight excluding hydrogens is 330 g/mol. The third kappa shape index (κ3) is 3.45. The predicted molar refractivity (Wildman–Crippen MR) is 95.0 cm³/mol. The van der Waals surface area contributed by atoms with Crippen molar-refractivity contribution in [2.75, 3.05) is 27.2 Å². The van der Waals surface area contributed by atoms with Gasteiger partial charge in [-0.2, -0.15) is 0 Å². The molecule has 2 aliphatic rings. The van der Waals surface area contributed by atoms with E-state index in [1.807, 2.05) is 12.1 Å². The molecule has 1 saturated heterocycles. The van der Waals surface area contributed by atoms with Gasteiger partial charge < -0.3 is 9.22 Å². The normalized spacial score (nSPS) is 24.7. The molecule has 0 spiro atoms. The molecule has 3 rings (SSSR count). The Morgan fingerprint density at radius 2 is 1.91 bits per heavy atom. The summed E-state index contributed by atoms with van der Waals surface area (Å²) in [5, 5.41) is 0. The highest BCUT2D eigenvalue weighted by molar-refractivity contribution is 7.16. The minimum atomic E-state index is -0.530. The van der Waals surface area contributed by atoms with Crippen LogP contribution in [0.2, 0.25) is 4.34 Å². The zero-order valence-corrected chi connectivity index (χ0v) is 15.9. The number of carbonyl (C=O) groups excluding carboxylic acids is 1. The Kier molecular flexibility index (Phi) is 4.78. The van der Waals surface area contributed by atoms with Crippen LogP contribution in [-0.2, 0) is 14.9 Å². The standard InChI is InChI=1S/C18H27ClNO2S/c1-18(13-5-4-6-13,15-7-8-16(19)23-15)17(21)22-14-9-11-20(2,3)12-10-14/h7-8,13-14H,4-6,9-12H2,1-3H3/q+1/t18-/m1/s1. The van der Waals surface area contributed by atoms with Crippen molar-refractivity contribution in [1.29, 1.82) is 0 Å². The van der Waals surface area contributed by atoms with Crippen molar-refractivity contribution in [3.05, 3.63) is 21.3 Å². The number of rotatable bonds is 4. The summed E-state index contributed by atoms with van der Waals surface area (Å²) in [7, 11) is 4.48. The van der Waals surface area contributed by atoms with Crippen molar-refractivity contribution in [2.45, 2.75) is 50.5 Å². The van der Waals surface area contributed by atoms with E-state index in [4.69, 9.17) is 16.3 Å². The number of ether oxygens (including phenoxy) is 1. The molecule has 1 atom stereocenters. The lowest BCUT2D eigenvalue weighted by Crippen LogP contribution is -2.50. The summed E-state index contributed by atoms with van der Waals surface area (Å²) in [4.78, 5) is 14.1. The molecule has 0 radical (unpaired) electrons. The van der Waals surface area contributed by atoms with E-state index in [9.17, 15) is 4.79 Å². The lowest BCUT2D eigenvalue weighted by molar-refractivity contribution is -0.896. The van der Waals surface area contributed by atoms with Gasteiger partial charge in [-0.05, 0) is 37.8 Å². The highest BCUT2D eigenvalue weighted by atomic mass is 35.5. The van der Waals surface area contributed by atoms with Gasteiger partial charge in [-0.1, -0.05) is 18.0 Å². The molecule has 0 N–H and O–H groups in total. The molecule has 128 valence electrons. The number of nitrogens with zero attached hydrogens (tertiary/aromatic N) is 1. The fourth-order valence-corrected chi connectivity index (χ4v) is 4.94. The molecule has 0 bridgehead atoms. The van der Waals surface area contributed by atoms with Crippen LogP contribution < -0.4 is 0 Å². The molecule has 1 aromatic heterocycles. The second-order valence-electron chi connectivity index (χ2n) is 7.92. The van der Waals surface area contributed by atoms with Gasteiger partial charge in [-0.15, -0.1) is 11.3 Å². The monoisotopic (exact) mass is 356 g/mol. The van der Waals surface area contributed by atoms with Crippen molar-refractivity contribution in [2.24, 2.45) is 5.92 Å². The van der Waals surface area contributed by atoms with Crippen molar-refractivity contribution in [3.63, 3.8) is 0 Å².